The van der Waals surface area contributed by atoms with Gasteiger partial charge in [0, 0.05) is 11.0 Å². The molecule has 0 saturated heterocycles. The Balaban J connectivity index is 2.68. The summed E-state index contributed by atoms with van der Waals surface area (Å²) in [4.78, 5) is 0. The highest BCUT2D eigenvalue weighted by Crippen LogP contribution is 2.24. The zero-order valence-electron chi connectivity index (χ0n) is 5.10. The molecule has 0 aromatic heterocycles. The molecule has 0 spiro atoms. The maximum absolute atomic E-state index is 2.22. The summed E-state index contributed by atoms with van der Waals surface area (Å²) < 4.78 is 0. The fraction of sp³-hybridized carbons (Fsp3) is 1.00. The number of hydrogen-bond acceptors (Lipinski definition) is 2. The van der Waals surface area contributed by atoms with Crippen molar-refractivity contribution in [1.29, 1.82) is 0 Å². The Morgan fingerprint density at radius 1 is 1.43 bits per heavy atom. The fourth-order valence-corrected chi connectivity index (χ4v) is 1.84. The minimum Gasteiger partial charge on any atom is -0.0942 e. The summed E-state index contributed by atoms with van der Waals surface area (Å²) >= 11 is 0. The van der Waals surface area contributed by atoms with Gasteiger partial charge >= 0.3 is 0 Å². The van der Waals surface area contributed by atoms with Crippen LogP contribution in [0.1, 0.15) is 20.8 Å². The van der Waals surface area contributed by atoms with Crippen LogP contribution in [0.4, 0.5) is 0 Å². The van der Waals surface area contributed by atoms with Crippen molar-refractivity contribution < 1.29 is 0 Å². The van der Waals surface area contributed by atoms with E-state index in [0.717, 1.165) is 5.25 Å². The molecular formula is C5H12S2. The van der Waals surface area contributed by atoms with Crippen molar-refractivity contribution in [3.63, 3.8) is 0 Å². The molecule has 0 aromatic rings. The first kappa shape index (κ1) is 7.70. The molecule has 0 aliphatic rings. The summed E-state index contributed by atoms with van der Waals surface area (Å²) in [5, 5.41) is 0.782. The van der Waals surface area contributed by atoms with Gasteiger partial charge in [-0.05, 0) is 0 Å². The van der Waals surface area contributed by atoms with Gasteiger partial charge in [-0.15, -0.1) is 0 Å². The van der Waals surface area contributed by atoms with E-state index in [0.29, 0.717) is 0 Å². The van der Waals surface area contributed by atoms with Gasteiger partial charge in [0.25, 0.3) is 0 Å². The quantitative estimate of drug-likeness (QED) is 0.547. The molecule has 0 aromatic carbocycles. The Bertz CT molecular complexity index is 35.1. The maximum Gasteiger partial charge on any atom is 0.00944 e. The molecule has 0 fully saturated rings. The van der Waals surface area contributed by atoms with E-state index in [1.54, 1.807) is 0 Å². The lowest BCUT2D eigenvalue weighted by molar-refractivity contribution is 1.12. The van der Waals surface area contributed by atoms with E-state index in [1.807, 2.05) is 21.6 Å². The lowest BCUT2D eigenvalue weighted by atomic mass is 10.6. The van der Waals surface area contributed by atoms with E-state index in [2.05, 4.69) is 20.8 Å². The highest BCUT2D eigenvalue weighted by Gasteiger charge is 1.89. The minimum absolute atomic E-state index is 0.782. The molecule has 0 atom stereocenters. The molecule has 0 rings (SSSR count). The molecule has 0 aliphatic heterocycles. The number of rotatable bonds is 3. The van der Waals surface area contributed by atoms with Gasteiger partial charge in [-0.25, -0.2) is 0 Å². The van der Waals surface area contributed by atoms with Gasteiger partial charge in [0.1, 0.15) is 0 Å². The van der Waals surface area contributed by atoms with Crippen LogP contribution in [-0.2, 0) is 0 Å². The average molecular weight is 136 g/mol. The minimum atomic E-state index is 0.782. The first-order chi connectivity index (χ1) is 3.27. The smallest absolute Gasteiger partial charge is 0.00944 e. The lowest BCUT2D eigenvalue weighted by Gasteiger charge is -1.98. The Kier molecular flexibility index (Phi) is 5.33. The number of hydrogen-bond donors (Lipinski definition) is 0. The molecule has 0 nitrogen and oxygen atoms in total. The van der Waals surface area contributed by atoms with Crippen LogP contribution in [0.15, 0.2) is 0 Å². The van der Waals surface area contributed by atoms with E-state index in [9.17, 15) is 0 Å². The molecule has 0 unspecified atom stereocenters. The van der Waals surface area contributed by atoms with Crippen LogP contribution in [-0.4, -0.2) is 11.0 Å². The Morgan fingerprint density at radius 3 is 2.14 bits per heavy atom. The Morgan fingerprint density at radius 2 is 2.00 bits per heavy atom. The van der Waals surface area contributed by atoms with Gasteiger partial charge in [-0.2, -0.15) is 0 Å². The van der Waals surface area contributed by atoms with Crippen molar-refractivity contribution >= 4 is 21.6 Å². The molecule has 0 bridgehead atoms. The van der Waals surface area contributed by atoms with E-state index in [-0.39, 0.29) is 0 Å². The van der Waals surface area contributed by atoms with Crippen LogP contribution in [0.3, 0.4) is 0 Å². The summed E-state index contributed by atoms with van der Waals surface area (Å²) in [7, 11) is 3.88. The summed E-state index contributed by atoms with van der Waals surface area (Å²) in [6, 6.07) is 0. The van der Waals surface area contributed by atoms with Crippen LogP contribution in [0.25, 0.3) is 0 Å². The van der Waals surface area contributed by atoms with Gasteiger partial charge in [0.15, 0.2) is 0 Å². The van der Waals surface area contributed by atoms with Crippen LogP contribution in [0.2, 0.25) is 0 Å². The molecule has 0 heterocycles. The topological polar surface area (TPSA) is 0 Å². The van der Waals surface area contributed by atoms with Crippen molar-refractivity contribution in [3.8, 4) is 0 Å². The van der Waals surface area contributed by atoms with Crippen molar-refractivity contribution in [3.05, 3.63) is 0 Å². The molecule has 2 heteroatoms. The van der Waals surface area contributed by atoms with Gasteiger partial charge in [-0.3, -0.25) is 0 Å². The molecule has 0 amide bonds. The second-order valence-corrected chi connectivity index (χ2v) is 4.78. The first-order valence-electron chi connectivity index (χ1n) is 2.55. The zero-order chi connectivity index (χ0) is 5.70. The largest absolute Gasteiger partial charge is 0.0942 e. The molecule has 0 N–H and O–H groups in total. The summed E-state index contributed by atoms with van der Waals surface area (Å²) in [5.41, 5.74) is 0. The van der Waals surface area contributed by atoms with Crippen LogP contribution in [0, 0.1) is 0 Å². The van der Waals surface area contributed by atoms with Crippen LogP contribution >= 0.6 is 21.6 Å². The fourth-order valence-electron chi connectivity index (χ4n) is 0.204. The zero-order valence-corrected chi connectivity index (χ0v) is 6.73. The van der Waals surface area contributed by atoms with Gasteiger partial charge in [0.05, 0.1) is 0 Å². The predicted molar refractivity (Wildman–Crippen MR) is 40.9 cm³/mol. The van der Waals surface area contributed by atoms with Crippen molar-refractivity contribution in [1.82, 2.24) is 0 Å². The maximum atomic E-state index is 2.22. The molecular weight excluding hydrogens is 124 g/mol. The van der Waals surface area contributed by atoms with Crippen molar-refractivity contribution in [2.75, 3.05) is 5.75 Å². The standard InChI is InChI=1S/C5H12S2/c1-4-6-7-5(2)3/h5H,4H2,1-3H3. The second-order valence-electron chi connectivity index (χ2n) is 1.55. The SMILES string of the molecule is CCSSC(C)C. The molecule has 0 radical (unpaired) electrons. The van der Waals surface area contributed by atoms with Crippen LogP contribution in [0.5, 0.6) is 0 Å². The molecule has 0 saturated carbocycles. The third-order valence-corrected chi connectivity index (χ3v) is 3.41. The Labute approximate surface area is 53.8 Å². The van der Waals surface area contributed by atoms with E-state index in [1.165, 1.54) is 5.75 Å². The monoisotopic (exact) mass is 136 g/mol. The average Bonchev–Trinajstić information content (AvgIpc) is 1.61. The van der Waals surface area contributed by atoms with Gasteiger partial charge in [0.2, 0.25) is 0 Å². The van der Waals surface area contributed by atoms with Crippen molar-refractivity contribution in [2.24, 2.45) is 0 Å². The third-order valence-electron chi connectivity index (χ3n) is 0.378. The van der Waals surface area contributed by atoms with Crippen LogP contribution < -0.4 is 0 Å². The van der Waals surface area contributed by atoms with Crippen molar-refractivity contribution in [2.45, 2.75) is 26.0 Å². The van der Waals surface area contributed by atoms with Gasteiger partial charge in [-0.1, -0.05) is 42.4 Å². The van der Waals surface area contributed by atoms with Gasteiger partial charge < -0.3 is 0 Å². The summed E-state index contributed by atoms with van der Waals surface area (Å²) in [6.45, 7) is 6.61. The molecule has 0 aliphatic carbocycles. The highest BCUT2D eigenvalue weighted by molar-refractivity contribution is 8.76. The predicted octanol–water partition coefficient (Wildman–Crippen LogP) is 2.80. The second kappa shape index (κ2) is 4.85. The van der Waals surface area contributed by atoms with E-state index < -0.39 is 0 Å². The third kappa shape index (κ3) is 6.70. The summed E-state index contributed by atoms with van der Waals surface area (Å²) in [6.07, 6.45) is 0. The first-order valence-corrected chi connectivity index (χ1v) is 4.93. The summed E-state index contributed by atoms with van der Waals surface area (Å²) in [5.74, 6) is 1.23. The normalized spacial score (nSPS) is 10.3. The molecule has 44 valence electrons. The Hall–Kier alpha value is 0.700. The van der Waals surface area contributed by atoms with E-state index in [4.69, 9.17) is 0 Å². The highest BCUT2D eigenvalue weighted by atomic mass is 33.1. The molecule has 7 heavy (non-hydrogen) atoms. The lowest BCUT2D eigenvalue weighted by Crippen LogP contribution is -1.80. The van der Waals surface area contributed by atoms with E-state index >= 15 is 0 Å².